The minimum absolute atomic E-state index is 0.0610. The maximum Gasteiger partial charge on any atom is 0.262 e. The van der Waals surface area contributed by atoms with Crippen LogP contribution >= 0.6 is 0 Å². The highest BCUT2D eigenvalue weighted by Gasteiger charge is 2.46. The van der Waals surface area contributed by atoms with E-state index in [0.717, 1.165) is 5.56 Å². The Kier molecular flexibility index (Phi) is 6.51. The molecule has 2 aliphatic heterocycles. The zero-order valence-corrected chi connectivity index (χ0v) is 19.5. The van der Waals surface area contributed by atoms with Gasteiger partial charge in [0, 0.05) is 37.3 Å². The number of benzene rings is 2. The van der Waals surface area contributed by atoms with Gasteiger partial charge in [-0.05, 0) is 36.8 Å². The van der Waals surface area contributed by atoms with Gasteiger partial charge in [-0.3, -0.25) is 9.52 Å². The number of rotatable bonds is 7. The van der Waals surface area contributed by atoms with Gasteiger partial charge in [-0.1, -0.05) is 6.07 Å². The van der Waals surface area contributed by atoms with Crippen molar-refractivity contribution in [3.8, 4) is 11.5 Å². The highest BCUT2D eigenvalue weighted by Crippen LogP contribution is 2.47. The van der Waals surface area contributed by atoms with Gasteiger partial charge in [-0.25, -0.2) is 8.42 Å². The van der Waals surface area contributed by atoms with Gasteiger partial charge in [0.2, 0.25) is 5.91 Å². The maximum absolute atomic E-state index is 12.9. The van der Waals surface area contributed by atoms with Gasteiger partial charge in [0.05, 0.1) is 31.1 Å². The summed E-state index contributed by atoms with van der Waals surface area (Å²) < 4.78 is 45.5. The molecular weight excluding hydrogens is 448 g/mol. The summed E-state index contributed by atoms with van der Waals surface area (Å²) in [5.74, 6) is 0.871. The third kappa shape index (κ3) is 4.78. The van der Waals surface area contributed by atoms with Gasteiger partial charge in [0.1, 0.15) is 23.7 Å². The molecule has 10 heteroatoms. The summed E-state index contributed by atoms with van der Waals surface area (Å²) in [5, 5.41) is 9.85. The molecule has 1 saturated heterocycles. The maximum atomic E-state index is 12.9. The predicted octanol–water partition coefficient (Wildman–Crippen LogP) is 1.97. The fraction of sp³-hybridized carbons (Fsp3) is 0.435. The van der Waals surface area contributed by atoms with Crippen molar-refractivity contribution in [1.82, 2.24) is 4.90 Å². The van der Waals surface area contributed by atoms with Crippen LogP contribution in [0.5, 0.6) is 11.5 Å². The first kappa shape index (κ1) is 23.3. The Labute approximate surface area is 193 Å². The van der Waals surface area contributed by atoms with Crippen LogP contribution in [0, 0.1) is 0 Å². The van der Waals surface area contributed by atoms with Gasteiger partial charge >= 0.3 is 0 Å². The Morgan fingerprint density at radius 1 is 1.24 bits per heavy atom. The van der Waals surface area contributed by atoms with Gasteiger partial charge < -0.3 is 24.2 Å². The van der Waals surface area contributed by atoms with E-state index in [2.05, 4.69) is 4.72 Å². The number of hydrogen-bond donors (Lipinski definition) is 2. The molecule has 1 amide bonds. The Balaban J connectivity index is 1.58. The van der Waals surface area contributed by atoms with E-state index in [9.17, 15) is 18.3 Å². The Morgan fingerprint density at radius 3 is 2.73 bits per heavy atom. The molecule has 0 spiro atoms. The van der Waals surface area contributed by atoms with Crippen molar-refractivity contribution in [2.75, 3.05) is 32.5 Å². The molecule has 0 aromatic heterocycles. The van der Waals surface area contributed by atoms with E-state index in [1.807, 2.05) is 0 Å². The number of hydrogen-bond acceptors (Lipinski definition) is 7. The molecule has 178 valence electrons. The molecule has 4 rings (SSSR count). The largest absolute Gasteiger partial charge is 0.497 e. The number of nitrogens with zero attached hydrogens (tertiary/aromatic N) is 1. The number of fused-ring (bicyclic) bond motifs is 3. The number of anilines is 1. The van der Waals surface area contributed by atoms with Crippen molar-refractivity contribution in [2.45, 2.75) is 42.0 Å². The second-order valence-electron chi connectivity index (χ2n) is 8.43. The molecule has 4 atom stereocenters. The minimum Gasteiger partial charge on any atom is -0.497 e. The molecule has 33 heavy (non-hydrogen) atoms. The summed E-state index contributed by atoms with van der Waals surface area (Å²) in [4.78, 5) is 13.8. The quantitative estimate of drug-likeness (QED) is 0.628. The molecule has 0 radical (unpaired) electrons. The van der Waals surface area contributed by atoms with E-state index in [1.54, 1.807) is 44.4 Å². The third-order valence-electron chi connectivity index (χ3n) is 6.00. The van der Waals surface area contributed by atoms with Crippen LogP contribution in [0.15, 0.2) is 47.4 Å². The number of sulfonamides is 1. The third-order valence-corrected chi connectivity index (χ3v) is 7.38. The summed E-state index contributed by atoms with van der Waals surface area (Å²) in [7, 11) is 1.02. The fourth-order valence-electron chi connectivity index (χ4n) is 4.31. The summed E-state index contributed by atoms with van der Waals surface area (Å²) in [6, 6.07) is 11.3. The minimum atomic E-state index is -3.83. The number of nitrogens with one attached hydrogen (secondary N) is 1. The van der Waals surface area contributed by atoms with Crippen LogP contribution in [-0.4, -0.2) is 70.5 Å². The number of carbonyl (C=O) groups is 1. The molecule has 2 aromatic rings. The van der Waals surface area contributed by atoms with Crippen LogP contribution < -0.4 is 14.2 Å². The topological polar surface area (TPSA) is 114 Å². The molecule has 0 bridgehead atoms. The van der Waals surface area contributed by atoms with Crippen molar-refractivity contribution in [2.24, 2.45) is 0 Å². The molecule has 9 nitrogen and oxygen atoms in total. The van der Waals surface area contributed by atoms with Gasteiger partial charge in [-0.2, -0.15) is 0 Å². The van der Waals surface area contributed by atoms with Crippen LogP contribution in [-0.2, 0) is 19.6 Å². The SMILES string of the molecule is COc1cccc(S(=O)(=O)Nc2ccc3c(c2)[C@@H]2C[C@H](CC(=O)N(C)C)O[C@@H](CO)[C@@H]2O3)c1. The number of aliphatic hydroxyl groups excluding tert-OH is 1. The van der Waals surface area contributed by atoms with E-state index < -0.39 is 22.2 Å². The smallest absolute Gasteiger partial charge is 0.262 e. The molecule has 2 heterocycles. The van der Waals surface area contributed by atoms with Gasteiger partial charge in [0.25, 0.3) is 10.0 Å². The number of amides is 1. The van der Waals surface area contributed by atoms with Crippen LogP contribution in [0.4, 0.5) is 5.69 Å². The standard InChI is InChI=1S/C23H28N2O7S/c1-25(2)22(27)12-16-11-19-18-9-14(7-8-20(18)32-23(19)21(13-26)31-16)24-33(28,29)17-6-4-5-15(10-17)30-3/h4-10,16,19,21,23-24,26H,11-13H2,1-3H3/t16-,19+,21+,23-/m1/s1. The fourth-order valence-corrected chi connectivity index (χ4v) is 5.40. The molecule has 2 N–H and O–H groups in total. The molecule has 0 saturated carbocycles. The van der Waals surface area contributed by atoms with Crippen molar-refractivity contribution in [3.05, 3.63) is 48.0 Å². The first-order chi connectivity index (χ1) is 15.7. The van der Waals surface area contributed by atoms with Crippen LogP contribution in [0.1, 0.15) is 24.3 Å². The lowest BCUT2D eigenvalue weighted by atomic mass is 9.84. The van der Waals surface area contributed by atoms with Crippen LogP contribution in [0.3, 0.4) is 0 Å². The lowest BCUT2D eigenvalue weighted by Crippen LogP contribution is -2.47. The Bertz CT molecular complexity index is 1140. The van der Waals surface area contributed by atoms with Crippen LogP contribution in [0.2, 0.25) is 0 Å². The van der Waals surface area contributed by atoms with Gasteiger partial charge in [-0.15, -0.1) is 0 Å². The average molecular weight is 477 g/mol. The summed E-state index contributed by atoms with van der Waals surface area (Å²) in [5.41, 5.74) is 1.23. The summed E-state index contributed by atoms with van der Waals surface area (Å²) in [6.45, 7) is -0.239. The van der Waals surface area contributed by atoms with Crippen molar-refractivity contribution < 1.29 is 32.5 Å². The number of carbonyl (C=O) groups excluding carboxylic acids is 1. The lowest BCUT2D eigenvalue weighted by Gasteiger charge is -2.37. The van der Waals surface area contributed by atoms with E-state index >= 15 is 0 Å². The second kappa shape index (κ2) is 9.20. The highest BCUT2D eigenvalue weighted by atomic mass is 32.2. The summed E-state index contributed by atoms with van der Waals surface area (Å²) in [6.07, 6.45) is -0.622. The zero-order chi connectivity index (χ0) is 23.8. The molecule has 2 aromatic carbocycles. The molecule has 2 aliphatic rings. The van der Waals surface area contributed by atoms with Gasteiger partial charge in [0.15, 0.2) is 0 Å². The second-order valence-corrected chi connectivity index (χ2v) is 10.1. The first-order valence-electron chi connectivity index (χ1n) is 10.7. The number of aliphatic hydroxyl groups is 1. The predicted molar refractivity (Wildman–Crippen MR) is 121 cm³/mol. The van der Waals surface area contributed by atoms with Crippen molar-refractivity contribution >= 4 is 21.6 Å². The molecule has 1 fully saturated rings. The van der Waals surface area contributed by atoms with E-state index in [1.165, 1.54) is 24.1 Å². The number of methoxy groups -OCH3 is 1. The van der Waals surface area contributed by atoms with E-state index in [4.69, 9.17) is 14.2 Å². The van der Waals surface area contributed by atoms with Crippen molar-refractivity contribution in [3.63, 3.8) is 0 Å². The lowest BCUT2D eigenvalue weighted by molar-refractivity contribution is -0.147. The van der Waals surface area contributed by atoms with E-state index in [-0.39, 0.29) is 35.9 Å². The summed E-state index contributed by atoms with van der Waals surface area (Å²) >= 11 is 0. The molecule has 0 aliphatic carbocycles. The molecular formula is C23H28N2O7S. The normalized spacial score (nSPS) is 23.8. The average Bonchev–Trinajstić information content (AvgIpc) is 3.16. The molecule has 0 unspecified atom stereocenters. The Hall–Kier alpha value is -2.82. The first-order valence-corrected chi connectivity index (χ1v) is 12.1. The Morgan fingerprint density at radius 2 is 2.03 bits per heavy atom. The highest BCUT2D eigenvalue weighted by molar-refractivity contribution is 7.92. The number of ether oxygens (including phenoxy) is 3. The zero-order valence-electron chi connectivity index (χ0n) is 18.7. The van der Waals surface area contributed by atoms with Crippen molar-refractivity contribution in [1.29, 1.82) is 0 Å². The van der Waals surface area contributed by atoms with E-state index in [0.29, 0.717) is 23.6 Å². The van der Waals surface area contributed by atoms with Crippen LogP contribution in [0.25, 0.3) is 0 Å². The monoisotopic (exact) mass is 476 g/mol.